The molecule has 0 heterocycles. The normalized spacial score (nSPS) is 15.6. The van der Waals surface area contributed by atoms with Gasteiger partial charge in [0.05, 0.1) is 0 Å². The molecular weight excluding hydrogens is 152 g/mol. The number of ether oxygens (including phenoxy) is 1. The van der Waals surface area contributed by atoms with Crippen molar-refractivity contribution >= 4 is 6.29 Å². The van der Waals surface area contributed by atoms with Gasteiger partial charge in [-0.2, -0.15) is 0 Å². The van der Waals surface area contributed by atoms with Crippen LogP contribution in [-0.2, 0) is 9.53 Å². The standard InChI is InChI=1S/C10H19O2/c1-4-6-8-12-10(3,9-11)7-5-2/h9H,2,4-8H2,1,3H3. The summed E-state index contributed by atoms with van der Waals surface area (Å²) in [5.74, 6) is 0. The number of hydrogen-bond donors (Lipinski definition) is 0. The number of unbranched alkanes of at least 4 members (excludes halogenated alkanes) is 1. The first-order valence-corrected chi connectivity index (χ1v) is 4.58. The fraction of sp³-hybridized carbons (Fsp3) is 0.800. The van der Waals surface area contributed by atoms with E-state index in [1.165, 1.54) is 0 Å². The molecule has 0 bridgehead atoms. The van der Waals surface area contributed by atoms with Crippen LogP contribution in [0.1, 0.15) is 39.5 Å². The quantitative estimate of drug-likeness (QED) is 0.434. The number of aldehydes is 1. The van der Waals surface area contributed by atoms with Crippen LogP contribution in [0.3, 0.4) is 0 Å². The Kier molecular flexibility index (Phi) is 5.99. The third kappa shape index (κ3) is 4.50. The minimum atomic E-state index is -0.600. The Labute approximate surface area is 75.3 Å². The van der Waals surface area contributed by atoms with Gasteiger partial charge in [-0.3, -0.25) is 0 Å². The molecule has 0 aliphatic heterocycles. The third-order valence-corrected chi connectivity index (χ3v) is 1.85. The predicted octanol–water partition coefficient (Wildman–Crippen LogP) is 2.37. The smallest absolute Gasteiger partial charge is 0.151 e. The lowest BCUT2D eigenvalue weighted by molar-refractivity contribution is -0.130. The van der Waals surface area contributed by atoms with Crippen LogP contribution in [0, 0.1) is 6.92 Å². The van der Waals surface area contributed by atoms with E-state index in [9.17, 15) is 4.79 Å². The zero-order chi connectivity index (χ0) is 9.45. The molecule has 0 aromatic rings. The van der Waals surface area contributed by atoms with Gasteiger partial charge in [-0.15, -0.1) is 0 Å². The molecule has 0 saturated carbocycles. The van der Waals surface area contributed by atoms with Crippen molar-refractivity contribution in [3.05, 3.63) is 6.92 Å². The maximum atomic E-state index is 10.7. The summed E-state index contributed by atoms with van der Waals surface area (Å²) in [6.07, 6.45) is 4.44. The molecule has 0 spiro atoms. The van der Waals surface area contributed by atoms with E-state index >= 15 is 0 Å². The summed E-state index contributed by atoms with van der Waals surface area (Å²) in [5, 5.41) is 0. The Balaban J connectivity index is 3.71. The van der Waals surface area contributed by atoms with Crippen molar-refractivity contribution in [3.63, 3.8) is 0 Å². The number of carbonyl (C=O) groups excluding carboxylic acids is 1. The zero-order valence-corrected chi connectivity index (χ0v) is 8.14. The molecule has 1 radical (unpaired) electrons. The summed E-state index contributed by atoms with van der Waals surface area (Å²) in [6, 6.07) is 0. The van der Waals surface area contributed by atoms with Crippen LogP contribution in [0.25, 0.3) is 0 Å². The van der Waals surface area contributed by atoms with E-state index in [2.05, 4.69) is 13.8 Å². The molecule has 0 aromatic carbocycles. The van der Waals surface area contributed by atoms with Crippen LogP contribution in [0.4, 0.5) is 0 Å². The summed E-state index contributed by atoms with van der Waals surface area (Å²) >= 11 is 0. The van der Waals surface area contributed by atoms with Crippen LogP contribution in [0.5, 0.6) is 0 Å². The van der Waals surface area contributed by atoms with Crippen LogP contribution in [0.15, 0.2) is 0 Å². The molecule has 2 heteroatoms. The molecule has 0 aliphatic carbocycles. The lowest BCUT2D eigenvalue weighted by Gasteiger charge is -2.22. The van der Waals surface area contributed by atoms with E-state index < -0.39 is 5.60 Å². The second-order valence-corrected chi connectivity index (χ2v) is 3.24. The van der Waals surface area contributed by atoms with Crippen molar-refractivity contribution in [3.8, 4) is 0 Å². The van der Waals surface area contributed by atoms with E-state index in [1.807, 2.05) is 6.92 Å². The van der Waals surface area contributed by atoms with Crippen LogP contribution in [0.2, 0.25) is 0 Å². The van der Waals surface area contributed by atoms with E-state index in [0.717, 1.165) is 25.5 Å². The Bertz CT molecular complexity index is 123. The summed E-state index contributed by atoms with van der Waals surface area (Å²) < 4.78 is 5.45. The highest BCUT2D eigenvalue weighted by Gasteiger charge is 2.22. The molecule has 0 fully saturated rings. The van der Waals surface area contributed by atoms with Crippen LogP contribution in [-0.4, -0.2) is 18.5 Å². The highest BCUT2D eigenvalue weighted by molar-refractivity contribution is 5.61. The van der Waals surface area contributed by atoms with Crippen molar-refractivity contribution in [2.24, 2.45) is 0 Å². The van der Waals surface area contributed by atoms with Gasteiger partial charge in [0.25, 0.3) is 0 Å². The minimum Gasteiger partial charge on any atom is -0.368 e. The Morgan fingerprint density at radius 3 is 2.67 bits per heavy atom. The molecule has 1 atom stereocenters. The fourth-order valence-corrected chi connectivity index (χ4v) is 0.966. The number of hydrogen-bond acceptors (Lipinski definition) is 2. The first-order chi connectivity index (χ1) is 5.68. The van der Waals surface area contributed by atoms with Crippen molar-refractivity contribution in [2.45, 2.75) is 45.1 Å². The summed E-state index contributed by atoms with van der Waals surface area (Å²) in [6.45, 7) is 8.30. The first kappa shape index (κ1) is 11.6. The van der Waals surface area contributed by atoms with Crippen molar-refractivity contribution in [2.75, 3.05) is 6.61 Å². The number of rotatable bonds is 7. The highest BCUT2D eigenvalue weighted by atomic mass is 16.5. The average molecular weight is 171 g/mol. The summed E-state index contributed by atoms with van der Waals surface area (Å²) in [7, 11) is 0. The second kappa shape index (κ2) is 6.18. The number of carbonyl (C=O) groups is 1. The third-order valence-electron chi connectivity index (χ3n) is 1.85. The molecule has 0 saturated heterocycles. The van der Waals surface area contributed by atoms with Gasteiger partial charge in [-0.1, -0.05) is 26.7 Å². The maximum Gasteiger partial charge on any atom is 0.151 e. The molecule has 0 amide bonds. The lowest BCUT2D eigenvalue weighted by Crippen LogP contribution is -2.30. The zero-order valence-electron chi connectivity index (χ0n) is 8.14. The van der Waals surface area contributed by atoms with Gasteiger partial charge < -0.3 is 9.53 Å². The molecule has 0 rings (SSSR count). The van der Waals surface area contributed by atoms with Crippen LogP contribution >= 0.6 is 0 Å². The van der Waals surface area contributed by atoms with Gasteiger partial charge in [0.15, 0.2) is 6.29 Å². The van der Waals surface area contributed by atoms with Crippen LogP contribution < -0.4 is 0 Å². The van der Waals surface area contributed by atoms with Gasteiger partial charge in [-0.05, 0) is 19.8 Å². The largest absolute Gasteiger partial charge is 0.368 e. The fourth-order valence-electron chi connectivity index (χ4n) is 0.966. The monoisotopic (exact) mass is 171 g/mol. The predicted molar refractivity (Wildman–Crippen MR) is 49.9 cm³/mol. The van der Waals surface area contributed by atoms with Gasteiger partial charge >= 0.3 is 0 Å². The molecular formula is C10H19O2. The lowest BCUT2D eigenvalue weighted by atomic mass is 10.0. The van der Waals surface area contributed by atoms with E-state index in [1.54, 1.807) is 0 Å². The van der Waals surface area contributed by atoms with Crippen molar-refractivity contribution in [1.29, 1.82) is 0 Å². The average Bonchev–Trinajstić information content (AvgIpc) is 2.06. The molecule has 71 valence electrons. The molecule has 1 unspecified atom stereocenters. The SMILES string of the molecule is [CH2]CCC(C)(C=O)OCCCC. The maximum absolute atomic E-state index is 10.7. The van der Waals surface area contributed by atoms with Gasteiger partial charge in [-0.25, -0.2) is 0 Å². The second-order valence-electron chi connectivity index (χ2n) is 3.24. The first-order valence-electron chi connectivity index (χ1n) is 4.58. The summed E-state index contributed by atoms with van der Waals surface area (Å²) in [4.78, 5) is 10.7. The highest BCUT2D eigenvalue weighted by Crippen LogP contribution is 2.14. The van der Waals surface area contributed by atoms with E-state index in [0.29, 0.717) is 13.0 Å². The van der Waals surface area contributed by atoms with Gasteiger partial charge in [0.1, 0.15) is 5.60 Å². The molecule has 0 aromatic heterocycles. The van der Waals surface area contributed by atoms with Crippen molar-refractivity contribution in [1.82, 2.24) is 0 Å². The summed E-state index contributed by atoms with van der Waals surface area (Å²) in [5.41, 5.74) is -0.600. The molecule has 12 heavy (non-hydrogen) atoms. The Morgan fingerprint density at radius 2 is 2.25 bits per heavy atom. The molecule has 2 nitrogen and oxygen atoms in total. The topological polar surface area (TPSA) is 26.3 Å². The minimum absolute atomic E-state index is 0.600. The molecule has 0 aliphatic rings. The van der Waals surface area contributed by atoms with Crippen molar-refractivity contribution < 1.29 is 9.53 Å². The van der Waals surface area contributed by atoms with Gasteiger partial charge in [0.2, 0.25) is 0 Å². The Morgan fingerprint density at radius 1 is 1.58 bits per heavy atom. The van der Waals surface area contributed by atoms with Gasteiger partial charge in [0, 0.05) is 6.61 Å². The van der Waals surface area contributed by atoms with E-state index in [-0.39, 0.29) is 0 Å². The Hall–Kier alpha value is -0.370. The van der Waals surface area contributed by atoms with E-state index in [4.69, 9.17) is 4.74 Å². The molecule has 0 N–H and O–H groups in total.